The number of hydrogen-bond acceptors (Lipinski definition) is 2. The Morgan fingerprint density at radius 2 is 1.40 bits per heavy atom. The highest BCUT2D eigenvalue weighted by atomic mass is 32.2. The molecule has 0 aromatic heterocycles. The maximum absolute atomic E-state index is 2.55. The Kier molecular flexibility index (Phi) is 5.06. The molecule has 0 saturated heterocycles. The van der Waals surface area contributed by atoms with E-state index >= 15 is 0 Å². The van der Waals surface area contributed by atoms with E-state index < -0.39 is 0 Å². The van der Waals surface area contributed by atoms with Crippen LogP contribution in [-0.4, -0.2) is 5.25 Å². The highest BCUT2D eigenvalue weighted by molar-refractivity contribution is 8.00. The number of rotatable bonds is 3. The molecule has 0 saturated carbocycles. The van der Waals surface area contributed by atoms with Gasteiger partial charge in [0.25, 0.3) is 0 Å². The fraction of sp³-hybridized carbons (Fsp3) is 0.158. The third-order valence-corrected chi connectivity index (χ3v) is 10.9. The summed E-state index contributed by atoms with van der Waals surface area (Å²) in [4.78, 5) is 3.93. The Labute approximate surface area is 240 Å². The van der Waals surface area contributed by atoms with Crippen LogP contribution >= 0.6 is 11.8 Å². The second kappa shape index (κ2) is 8.49. The summed E-state index contributed by atoms with van der Waals surface area (Å²) < 4.78 is 0. The van der Waals surface area contributed by atoms with E-state index in [1.807, 2.05) is 11.8 Å². The Morgan fingerprint density at radius 3 is 2.30 bits per heavy atom. The lowest BCUT2D eigenvalue weighted by molar-refractivity contribution is 0.597. The first-order chi connectivity index (χ1) is 19.5. The summed E-state index contributed by atoms with van der Waals surface area (Å²) in [6.45, 7) is 7.14. The fourth-order valence-corrected chi connectivity index (χ4v) is 8.82. The van der Waals surface area contributed by atoms with Gasteiger partial charge in [-0.25, -0.2) is 0 Å². The maximum Gasteiger partial charge on any atom is 0.0630 e. The predicted octanol–water partition coefficient (Wildman–Crippen LogP) is 10.2. The molecule has 40 heavy (non-hydrogen) atoms. The van der Waals surface area contributed by atoms with E-state index in [-0.39, 0.29) is 16.1 Å². The first-order valence-corrected chi connectivity index (χ1v) is 15.0. The summed E-state index contributed by atoms with van der Waals surface area (Å²) in [6, 6.07) is 40.5. The van der Waals surface area contributed by atoms with Gasteiger partial charge in [-0.1, -0.05) is 118 Å². The lowest BCUT2D eigenvalue weighted by atomic mass is 9.75. The Balaban J connectivity index is 1.36. The summed E-state index contributed by atoms with van der Waals surface area (Å²) in [5.74, 6) is 0. The molecule has 2 heteroatoms. The van der Waals surface area contributed by atoms with Crippen LogP contribution in [0.3, 0.4) is 0 Å². The van der Waals surface area contributed by atoms with Gasteiger partial charge in [-0.05, 0) is 63.5 Å². The molecule has 5 aromatic carbocycles. The molecule has 1 heterocycles. The highest BCUT2D eigenvalue weighted by Gasteiger charge is 2.47. The van der Waals surface area contributed by atoms with Crippen molar-refractivity contribution in [2.75, 3.05) is 4.90 Å². The average Bonchev–Trinajstić information content (AvgIpc) is 3.42. The van der Waals surface area contributed by atoms with E-state index in [9.17, 15) is 0 Å². The van der Waals surface area contributed by atoms with E-state index in [0.29, 0.717) is 0 Å². The Hall–Kier alpha value is -4.01. The molecule has 1 nitrogen and oxygen atoms in total. The largest absolute Gasteiger partial charge is 0.312 e. The van der Waals surface area contributed by atoms with Gasteiger partial charge in [0.2, 0.25) is 0 Å². The molecule has 2 unspecified atom stereocenters. The first-order valence-electron chi connectivity index (χ1n) is 14.1. The number of hydrogen-bond donors (Lipinski definition) is 0. The molecule has 1 aliphatic heterocycles. The van der Waals surface area contributed by atoms with Gasteiger partial charge in [0.15, 0.2) is 0 Å². The molecule has 5 aromatic rings. The SMILES string of the molecule is CC1(C)c2ccccc2-c2ccc(N(C3=CC=CC4(C)c5ccccc5SC34)c3cccc4ccccc34)cc21. The Bertz CT molecular complexity index is 1890. The molecule has 0 fully saturated rings. The van der Waals surface area contributed by atoms with E-state index in [1.165, 1.54) is 60.6 Å². The van der Waals surface area contributed by atoms with Crippen molar-refractivity contribution in [2.45, 2.75) is 41.7 Å². The van der Waals surface area contributed by atoms with Crippen molar-refractivity contribution in [3.8, 4) is 11.1 Å². The number of thioether (sulfide) groups is 1. The van der Waals surface area contributed by atoms with Crippen LogP contribution in [0, 0.1) is 0 Å². The smallest absolute Gasteiger partial charge is 0.0630 e. The molecule has 2 atom stereocenters. The van der Waals surface area contributed by atoms with Gasteiger partial charge in [0.1, 0.15) is 0 Å². The van der Waals surface area contributed by atoms with E-state index in [4.69, 9.17) is 0 Å². The Morgan fingerprint density at radius 1 is 0.675 bits per heavy atom. The minimum Gasteiger partial charge on any atom is -0.312 e. The van der Waals surface area contributed by atoms with Crippen LogP contribution in [0.15, 0.2) is 138 Å². The average molecular weight is 534 g/mol. The first kappa shape index (κ1) is 23.8. The molecule has 0 bridgehead atoms. The van der Waals surface area contributed by atoms with Crippen molar-refractivity contribution in [3.05, 3.63) is 150 Å². The minimum atomic E-state index is -0.0690. The zero-order chi connectivity index (χ0) is 27.1. The quantitative estimate of drug-likeness (QED) is 0.227. The van der Waals surface area contributed by atoms with Crippen LogP contribution in [0.2, 0.25) is 0 Å². The van der Waals surface area contributed by atoms with Crippen molar-refractivity contribution >= 4 is 33.9 Å². The van der Waals surface area contributed by atoms with Gasteiger partial charge in [-0.15, -0.1) is 11.8 Å². The summed E-state index contributed by atoms with van der Waals surface area (Å²) in [6.07, 6.45) is 7.03. The molecule has 194 valence electrons. The number of fused-ring (bicyclic) bond motifs is 7. The van der Waals surface area contributed by atoms with Crippen LogP contribution in [0.25, 0.3) is 21.9 Å². The maximum atomic E-state index is 2.55. The van der Waals surface area contributed by atoms with Crippen molar-refractivity contribution in [3.63, 3.8) is 0 Å². The van der Waals surface area contributed by atoms with Crippen LogP contribution in [0.1, 0.15) is 37.5 Å². The topological polar surface area (TPSA) is 3.24 Å². The van der Waals surface area contributed by atoms with Crippen LogP contribution < -0.4 is 4.90 Å². The van der Waals surface area contributed by atoms with Gasteiger partial charge >= 0.3 is 0 Å². The van der Waals surface area contributed by atoms with Crippen molar-refractivity contribution < 1.29 is 0 Å². The van der Waals surface area contributed by atoms with Gasteiger partial charge < -0.3 is 4.90 Å². The van der Waals surface area contributed by atoms with Gasteiger partial charge in [0.05, 0.1) is 10.9 Å². The second-order valence-corrected chi connectivity index (χ2v) is 13.1. The summed E-state index contributed by atoms with van der Waals surface area (Å²) in [7, 11) is 0. The molecule has 8 rings (SSSR count). The molecule has 3 aliphatic rings. The van der Waals surface area contributed by atoms with Crippen molar-refractivity contribution in [1.29, 1.82) is 0 Å². The van der Waals surface area contributed by atoms with Gasteiger partial charge in [-0.3, -0.25) is 0 Å². The van der Waals surface area contributed by atoms with E-state index in [0.717, 1.165) is 0 Å². The van der Waals surface area contributed by atoms with Crippen LogP contribution in [0.4, 0.5) is 11.4 Å². The molecule has 0 radical (unpaired) electrons. The lowest BCUT2D eigenvalue weighted by Crippen LogP contribution is -2.37. The highest BCUT2D eigenvalue weighted by Crippen LogP contribution is 2.57. The number of nitrogens with zero attached hydrogens (tertiary/aromatic N) is 1. The summed E-state index contributed by atoms with van der Waals surface area (Å²) in [5, 5.41) is 2.80. The summed E-state index contributed by atoms with van der Waals surface area (Å²) >= 11 is 2.00. The van der Waals surface area contributed by atoms with E-state index in [2.05, 4.69) is 153 Å². The molecule has 0 N–H and O–H groups in total. The van der Waals surface area contributed by atoms with Gasteiger partial charge in [0, 0.05) is 32.5 Å². The second-order valence-electron chi connectivity index (χ2n) is 12.0. The molecular formula is C38H31NS. The third kappa shape index (κ3) is 3.23. The fourth-order valence-electron chi connectivity index (χ4n) is 7.24. The standard InChI is InChI=1S/C38H31NS/c1-37(2)30-16-7-6-15-28(30)29-22-21-26(24-32(29)37)39(33-18-10-13-25-12-4-5-14-27(25)33)34-19-11-23-38(3)31-17-8-9-20-35(31)40-36(34)38/h4-24,36H,1-3H3. The normalized spacial score (nSPS) is 21.4. The molecule has 0 amide bonds. The monoisotopic (exact) mass is 533 g/mol. The van der Waals surface area contributed by atoms with Crippen molar-refractivity contribution in [1.82, 2.24) is 0 Å². The molecular weight excluding hydrogens is 502 g/mol. The summed E-state index contributed by atoms with van der Waals surface area (Å²) in [5.41, 5.74) is 10.6. The van der Waals surface area contributed by atoms with Crippen LogP contribution in [-0.2, 0) is 10.8 Å². The number of benzene rings is 5. The molecule has 2 aliphatic carbocycles. The minimum absolute atomic E-state index is 0.0555. The van der Waals surface area contributed by atoms with E-state index in [1.54, 1.807) is 0 Å². The van der Waals surface area contributed by atoms with Crippen LogP contribution in [0.5, 0.6) is 0 Å². The van der Waals surface area contributed by atoms with Crippen molar-refractivity contribution in [2.24, 2.45) is 0 Å². The zero-order valence-electron chi connectivity index (χ0n) is 23.1. The molecule has 0 spiro atoms. The van der Waals surface area contributed by atoms with Gasteiger partial charge in [-0.2, -0.15) is 0 Å². The zero-order valence-corrected chi connectivity index (χ0v) is 23.9. The predicted molar refractivity (Wildman–Crippen MR) is 171 cm³/mol. The number of anilines is 2. The number of allylic oxidation sites excluding steroid dienone is 3. The lowest BCUT2D eigenvalue weighted by Gasteiger charge is -2.39. The third-order valence-electron chi connectivity index (χ3n) is 9.33.